The van der Waals surface area contributed by atoms with E-state index in [1.54, 1.807) is 0 Å². The summed E-state index contributed by atoms with van der Waals surface area (Å²) in [7, 11) is 1.95. The molecule has 6 heteroatoms. The molecule has 2 heterocycles. The van der Waals surface area contributed by atoms with Crippen molar-refractivity contribution in [1.82, 2.24) is 24.7 Å². The summed E-state index contributed by atoms with van der Waals surface area (Å²) in [6.45, 7) is 5.10. The summed E-state index contributed by atoms with van der Waals surface area (Å²) < 4.78 is 5.86. The van der Waals surface area contributed by atoms with Crippen LogP contribution in [0.1, 0.15) is 35.5 Å². The maximum Gasteiger partial charge on any atom is 0.0772 e. The van der Waals surface area contributed by atoms with E-state index in [9.17, 15) is 0 Å². The van der Waals surface area contributed by atoms with Gasteiger partial charge >= 0.3 is 0 Å². The third-order valence-electron chi connectivity index (χ3n) is 2.93. The van der Waals surface area contributed by atoms with Gasteiger partial charge in [-0.1, -0.05) is 11.4 Å². The first-order chi connectivity index (χ1) is 8.70. The van der Waals surface area contributed by atoms with Gasteiger partial charge in [-0.05, 0) is 43.4 Å². The maximum atomic E-state index is 4.20. The van der Waals surface area contributed by atoms with Crippen LogP contribution in [0.2, 0.25) is 0 Å². The predicted molar refractivity (Wildman–Crippen MR) is 72.6 cm³/mol. The van der Waals surface area contributed by atoms with Gasteiger partial charge in [0.15, 0.2) is 0 Å². The Morgan fingerprint density at radius 3 is 2.89 bits per heavy atom. The van der Waals surface area contributed by atoms with Gasteiger partial charge < -0.3 is 5.32 Å². The fourth-order valence-electron chi connectivity index (χ4n) is 2.04. The molecule has 0 bridgehead atoms. The Hall–Kier alpha value is -1.27. The van der Waals surface area contributed by atoms with E-state index in [1.165, 1.54) is 22.0 Å². The average Bonchev–Trinajstić information content (AvgIpc) is 2.94. The Kier molecular flexibility index (Phi) is 4.43. The minimum atomic E-state index is 0.343. The van der Waals surface area contributed by atoms with E-state index in [0.717, 1.165) is 25.1 Å². The molecule has 18 heavy (non-hydrogen) atoms. The van der Waals surface area contributed by atoms with Gasteiger partial charge in [-0.3, -0.25) is 4.68 Å². The number of nitrogens with one attached hydrogen (secondary N) is 1. The minimum absolute atomic E-state index is 0.343. The lowest BCUT2D eigenvalue weighted by atomic mass is 10.1. The second kappa shape index (κ2) is 6.06. The van der Waals surface area contributed by atoms with Gasteiger partial charge in [0.05, 0.1) is 16.8 Å². The van der Waals surface area contributed by atoms with Crippen LogP contribution >= 0.6 is 11.5 Å². The van der Waals surface area contributed by atoms with Crippen LogP contribution in [-0.2, 0) is 13.5 Å². The Bertz CT molecular complexity index is 490. The summed E-state index contributed by atoms with van der Waals surface area (Å²) in [6, 6.07) is 0.343. The first-order valence-corrected chi connectivity index (χ1v) is 6.97. The van der Waals surface area contributed by atoms with Crippen molar-refractivity contribution in [2.24, 2.45) is 7.05 Å². The maximum absolute atomic E-state index is 4.20. The lowest BCUT2D eigenvalue weighted by Gasteiger charge is -2.15. The number of hydrogen-bond acceptors (Lipinski definition) is 5. The molecule has 0 aliphatic rings. The molecule has 2 aromatic rings. The Morgan fingerprint density at radius 2 is 2.33 bits per heavy atom. The van der Waals surface area contributed by atoms with E-state index >= 15 is 0 Å². The molecule has 98 valence electrons. The molecule has 0 saturated carbocycles. The molecule has 2 rings (SSSR count). The summed E-state index contributed by atoms with van der Waals surface area (Å²) in [6.07, 6.45) is 6.06. The van der Waals surface area contributed by atoms with E-state index in [1.807, 2.05) is 24.9 Å². The van der Waals surface area contributed by atoms with Crippen molar-refractivity contribution >= 4 is 11.5 Å². The van der Waals surface area contributed by atoms with Crippen molar-refractivity contribution in [3.63, 3.8) is 0 Å². The van der Waals surface area contributed by atoms with Crippen molar-refractivity contribution in [2.75, 3.05) is 6.54 Å². The zero-order valence-corrected chi connectivity index (χ0v) is 11.9. The molecule has 0 aromatic carbocycles. The van der Waals surface area contributed by atoms with Crippen molar-refractivity contribution in [3.8, 4) is 0 Å². The number of aryl methyl sites for hydroxylation is 3. The first kappa shape index (κ1) is 13.2. The highest BCUT2D eigenvalue weighted by atomic mass is 32.1. The van der Waals surface area contributed by atoms with Gasteiger partial charge in [0.25, 0.3) is 0 Å². The molecule has 0 saturated heterocycles. The van der Waals surface area contributed by atoms with Crippen LogP contribution in [0.5, 0.6) is 0 Å². The largest absolute Gasteiger partial charge is 0.309 e. The zero-order chi connectivity index (χ0) is 13.0. The van der Waals surface area contributed by atoms with Crippen LogP contribution in [0, 0.1) is 6.92 Å². The molecule has 0 aliphatic carbocycles. The Morgan fingerprint density at radius 1 is 1.50 bits per heavy atom. The number of nitrogens with zero attached hydrogens (tertiary/aromatic N) is 4. The average molecular weight is 265 g/mol. The molecule has 2 aromatic heterocycles. The molecule has 1 atom stereocenters. The van der Waals surface area contributed by atoms with Crippen molar-refractivity contribution in [3.05, 3.63) is 28.5 Å². The summed E-state index contributed by atoms with van der Waals surface area (Å²) in [5.74, 6) is 0. The Labute approximate surface area is 111 Å². The third kappa shape index (κ3) is 3.14. The highest BCUT2D eigenvalue weighted by Crippen LogP contribution is 2.24. The quantitative estimate of drug-likeness (QED) is 0.866. The molecule has 0 radical (unpaired) electrons. The number of aromatic nitrogens is 4. The van der Waals surface area contributed by atoms with Crippen molar-refractivity contribution in [1.29, 1.82) is 0 Å². The zero-order valence-electron chi connectivity index (χ0n) is 11.1. The van der Waals surface area contributed by atoms with E-state index < -0.39 is 0 Å². The van der Waals surface area contributed by atoms with Crippen LogP contribution in [0.4, 0.5) is 0 Å². The van der Waals surface area contributed by atoms with Crippen LogP contribution < -0.4 is 5.32 Å². The first-order valence-electron chi connectivity index (χ1n) is 6.20. The molecule has 0 aliphatic heterocycles. The van der Waals surface area contributed by atoms with Crippen molar-refractivity contribution in [2.45, 2.75) is 32.7 Å². The van der Waals surface area contributed by atoms with Gasteiger partial charge in [0, 0.05) is 19.3 Å². The summed E-state index contributed by atoms with van der Waals surface area (Å²) in [5.41, 5.74) is 2.31. The standard InChI is InChI=1S/C12H19N5S/c1-4-13-11(12-9(2)15-16-18-12)6-5-10-7-14-17(3)8-10/h7-8,11,13H,4-6H2,1-3H3. The lowest BCUT2D eigenvalue weighted by Crippen LogP contribution is -2.21. The van der Waals surface area contributed by atoms with Gasteiger partial charge in [-0.25, -0.2) is 0 Å². The van der Waals surface area contributed by atoms with Crippen LogP contribution in [0.3, 0.4) is 0 Å². The summed E-state index contributed by atoms with van der Waals surface area (Å²) >= 11 is 1.49. The molecular formula is C12H19N5S. The topological polar surface area (TPSA) is 55.6 Å². The molecule has 5 nitrogen and oxygen atoms in total. The van der Waals surface area contributed by atoms with E-state index in [4.69, 9.17) is 0 Å². The number of rotatable bonds is 6. The fourth-order valence-corrected chi connectivity index (χ4v) is 2.79. The highest BCUT2D eigenvalue weighted by molar-refractivity contribution is 7.05. The smallest absolute Gasteiger partial charge is 0.0772 e. The van der Waals surface area contributed by atoms with E-state index in [0.29, 0.717) is 6.04 Å². The summed E-state index contributed by atoms with van der Waals surface area (Å²) in [5, 5.41) is 11.8. The van der Waals surface area contributed by atoms with Gasteiger partial charge in [0.2, 0.25) is 0 Å². The minimum Gasteiger partial charge on any atom is -0.309 e. The monoisotopic (exact) mass is 265 g/mol. The molecule has 0 amide bonds. The SMILES string of the molecule is CCNC(CCc1cnn(C)c1)c1snnc1C. The van der Waals surface area contributed by atoms with E-state index in [2.05, 4.69) is 33.1 Å². The van der Waals surface area contributed by atoms with Crippen molar-refractivity contribution < 1.29 is 0 Å². The predicted octanol–water partition coefficient (Wildman–Crippen LogP) is 1.86. The molecule has 0 fully saturated rings. The van der Waals surface area contributed by atoms with E-state index in [-0.39, 0.29) is 0 Å². The fraction of sp³-hybridized carbons (Fsp3) is 0.583. The molecule has 1 N–H and O–H groups in total. The molecule has 1 unspecified atom stereocenters. The van der Waals surface area contributed by atoms with Gasteiger partial charge in [-0.15, -0.1) is 5.10 Å². The van der Waals surface area contributed by atoms with Crippen LogP contribution in [0.25, 0.3) is 0 Å². The normalized spacial score (nSPS) is 12.8. The Balaban J connectivity index is 2.01. The summed E-state index contributed by atoms with van der Waals surface area (Å²) in [4.78, 5) is 1.25. The second-order valence-corrected chi connectivity index (χ2v) is 5.18. The number of hydrogen-bond donors (Lipinski definition) is 1. The van der Waals surface area contributed by atoms with Gasteiger partial charge in [0.1, 0.15) is 0 Å². The van der Waals surface area contributed by atoms with Crippen LogP contribution in [0.15, 0.2) is 12.4 Å². The molecule has 0 spiro atoms. The second-order valence-electron chi connectivity index (χ2n) is 4.39. The molecular weight excluding hydrogens is 246 g/mol. The third-order valence-corrected chi connectivity index (χ3v) is 3.87. The lowest BCUT2D eigenvalue weighted by molar-refractivity contribution is 0.520. The van der Waals surface area contributed by atoms with Gasteiger partial charge in [-0.2, -0.15) is 5.10 Å². The highest BCUT2D eigenvalue weighted by Gasteiger charge is 2.16. The van der Waals surface area contributed by atoms with Crippen LogP contribution in [-0.4, -0.2) is 25.9 Å².